The Bertz CT molecular complexity index is 1540. The second kappa shape index (κ2) is 15.4. The van der Waals surface area contributed by atoms with E-state index in [0.29, 0.717) is 18.4 Å². The molecule has 3 unspecified atom stereocenters. The minimum absolute atomic E-state index is 0.00791. The van der Waals surface area contributed by atoms with Gasteiger partial charge in [-0.2, -0.15) is 0 Å². The first-order valence-electron chi connectivity index (χ1n) is 16.3. The number of phenolic OH excluding ortho intramolecular Hbond substituents is 1. The second-order valence-electron chi connectivity index (χ2n) is 14.1. The number of hydrogen-bond donors (Lipinski definition) is 3. The fourth-order valence-corrected chi connectivity index (χ4v) is 5.31. The quantitative estimate of drug-likeness (QED) is 0.215. The molecule has 10 heteroatoms. The Morgan fingerprint density at radius 1 is 0.729 bits per heavy atom. The van der Waals surface area contributed by atoms with E-state index in [1.165, 1.54) is 17.0 Å². The standard InChI is InChI=1S/C38H47N3O7/c1-37(2,3)47-35(45)31(24-26-15-11-8-12-16-26)39-33(43)32(27-17-21-29(42)22-18-27)41(28-19-20-28)34(44)30(23-25-13-9-7-10-14-25)40-36(46)48-38(4,5)6/h7-18,21-22,28,30-32,42H,19-20,23-24H2,1-6H3,(H,39,43)(H,40,46). The third-order valence-electron chi connectivity index (χ3n) is 7.49. The second-order valence-corrected chi connectivity index (χ2v) is 14.1. The molecule has 1 saturated carbocycles. The lowest BCUT2D eigenvalue weighted by Crippen LogP contribution is -2.56. The molecule has 0 heterocycles. The van der Waals surface area contributed by atoms with Gasteiger partial charge in [0.05, 0.1) is 0 Å². The third kappa shape index (κ3) is 10.9. The van der Waals surface area contributed by atoms with Crippen molar-refractivity contribution >= 4 is 23.9 Å². The number of aromatic hydroxyl groups is 1. The molecule has 0 spiro atoms. The summed E-state index contributed by atoms with van der Waals surface area (Å²) in [6.07, 6.45) is 0.861. The summed E-state index contributed by atoms with van der Waals surface area (Å²) < 4.78 is 11.2. The molecule has 0 bridgehead atoms. The number of esters is 1. The highest BCUT2D eigenvalue weighted by molar-refractivity contribution is 5.94. The van der Waals surface area contributed by atoms with Gasteiger partial charge in [-0.05, 0) is 83.2 Å². The Kier molecular flexibility index (Phi) is 11.5. The van der Waals surface area contributed by atoms with E-state index in [2.05, 4.69) is 10.6 Å². The van der Waals surface area contributed by atoms with Gasteiger partial charge in [0.25, 0.3) is 0 Å². The van der Waals surface area contributed by atoms with E-state index < -0.39 is 53.2 Å². The first-order chi connectivity index (χ1) is 22.6. The lowest BCUT2D eigenvalue weighted by molar-refractivity contribution is -0.159. The zero-order chi connectivity index (χ0) is 35.1. The van der Waals surface area contributed by atoms with Crippen LogP contribution in [-0.4, -0.2) is 63.2 Å². The summed E-state index contributed by atoms with van der Waals surface area (Å²) in [7, 11) is 0. The van der Waals surface area contributed by atoms with Crippen LogP contribution in [0.5, 0.6) is 5.75 Å². The number of nitrogens with one attached hydrogen (secondary N) is 2. The van der Waals surface area contributed by atoms with Gasteiger partial charge < -0.3 is 30.1 Å². The number of benzene rings is 3. The number of nitrogens with zero attached hydrogens (tertiary/aromatic N) is 1. The molecule has 0 aliphatic heterocycles. The maximum Gasteiger partial charge on any atom is 0.408 e. The lowest BCUT2D eigenvalue weighted by Gasteiger charge is -2.35. The van der Waals surface area contributed by atoms with E-state index in [9.17, 15) is 24.3 Å². The van der Waals surface area contributed by atoms with Gasteiger partial charge in [0.15, 0.2) is 0 Å². The molecule has 3 amide bonds. The summed E-state index contributed by atoms with van der Waals surface area (Å²) in [4.78, 5) is 57.1. The van der Waals surface area contributed by atoms with E-state index >= 15 is 0 Å². The Hall–Kier alpha value is -4.86. The highest BCUT2D eigenvalue weighted by Crippen LogP contribution is 2.36. The minimum atomic E-state index is -1.19. The van der Waals surface area contributed by atoms with Gasteiger partial charge in [0, 0.05) is 18.9 Å². The molecule has 0 radical (unpaired) electrons. The van der Waals surface area contributed by atoms with Crippen molar-refractivity contribution in [3.05, 3.63) is 102 Å². The number of carbonyl (C=O) groups is 4. The number of ether oxygens (including phenoxy) is 2. The van der Waals surface area contributed by atoms with Crippen molar-refractivity contribution in [1.29, 1.82) is 0 Å². The number of amides is 3. The molecule has 3 aromatic carbocycles. The van der Waals surface area contributed by atoms with Crippen molar-refractivity contribution in [2.24, 2.45) is 0 Å². The van der Waals surface area contributed by atoms with Crippen LogP contribution >= 0.6 is 0 Å². The molecule has 3 aromatic rings. The molecule has 3 atom stereocenters. The van der Waals surface area contributed by atoms with E-state index in [4.69, 9.17) is 9.47 Å². The van der Waals surface area contributed by atoms with E-state index in [-0.39, 0.29) is 24.6 Å². The lowest BCUT2D eigenvalue weighted by atomic mass is 9.99. The zero-order valence-electron chi connectivity index (χ0n) is 28.6. The smallest absolute Gasteiger partial charge is 0.408 e. The molecular formula is C38H47N3O7. The summed E-state index contributed by atoms with van der Waals surface area (Å²) in [5.74, 6) is -1.69. The highest BCUT2D eigenvalue weighted by atomic mass is 16.6. The average molecular weight is 658 g/mol. The molecular weight excluding hydrogens is 610 g/mol. The van der Waals surface area contributed by atoms with Crippen molar-refractivity contribution < 1.29 is 33.8 Å². The fraction of sp³-hybridized carbons (Fsp3) is 0.421. The monoisotopic (exact) mass is 657 g/mol. The maximum absolute atomic E-state index is 14.6. The molecule has 1 aliphatic rings. The predicted molar refractivity (Wildman–Crippen MR) is 182 cm³/mol. The minimum Gasteiger partial charge on any atom is -0.508 e. The Labute approximate surface area is 282 Å². The summed E-state index contributed by atoms with van der Waals surface area (Å²) in [5.41, 5.74) is 0.450. The maximum atomic E-state index is 14.6. The topological polar surface area (TPSA) is 134 Å². The summed E-state index contributed by atoms with van der Waals surface area (Å²) in [6.45, 7) is 10.5. The van der Waals surface area contributed by atoms with Gasteiger partial charge in [0.2, 0.25) is 11.8 Å². The number of phenols is 1. The van der Waals surface area contributed by atoms with Gasteiger partial charge in [-0.25, -0.2) is 9.59 Å². The van der Waals surface area contributed by atoms with Gasteiger partial charge in [-0.15, -0.1) is 0 Å². The first kappa shape index (κ1) is 36.0. The van der Waals surface area contributed by atoms with E-state index in [1.54, 1.807) is 53.7 Å². The molecule has 4 rings (SSSR count). The fourth-order valence-electron chi connectivity index (χ4n) is 5.31. The number of rotatable bonds is 12. The predicted octanol–water partition coefficient (Wildman–Crippen LogP) is 5.63. The largest absolute Gasteiger partial charge is 0.508 e. The highest BCUT2D eigenvalue weighted by Gasteiger charge is 2.45. The van der Waals surface area contributed by atoms with Gasteiger partial charge in [-0.3, -0.25) is 9.59 Å². The average Bonchev–Trinajstić information content (AvgIpc) is 3.84. The molecule has 48 heavy (non-hydrogen) atoms. The van der Waals surface area contributed by atoms with Crippen molar-refractivity contribution in [3.8, 4) is 5.75 Å². The summed E-state index contributed by atoms with van der Waals surface area (Å²) >= 11 is 0. The zero-order valence-corrected chi connectivity index (χ0v) is 28.6. The van der Waals surface area contributed by atoms with Gasteiger partial charge in [0.1, 0.15) is 35.1 Å². The van der Waals surface area contributed by atoms with Crippen LogP contribution in [0.25, 0.3) is 0 Å². The number of carbonyl (C=O) groups excluding carboxylic acids is 4. The molecule has 0 aromatic heterocycles. The van der Waals surface area contributed by atoms with Crippen molar-refractivity contribution in [1.82, 2.24) is 15.5 Å². The van der Waals surface area contributed by atoms with Gasteiger partial charge in [-0.1, -0.05) is 72.8 Å². The normalized spacial score (nSPS) is 15.0. The van der Waals surface area contributed by atoms with Crippen LogP contribution in [0.2, 0.25) is 0 Å². The van der Waals surface area contributed by atoms with Crippen LogP contribution < -0.4 is 10.6 Å². The van der Waals surface area contributed by atoms with E-state index in [1.807, 2.05) is 60.7 Å². The molecule has 256 valence electrons. The molecule has 0 saturated heterocycles. The van der Waals surface area contributed by atoms with Gasteiger partial charge >= 0.3 is 12.1 Å². The van der Waals surface area contributed by atoms with Crippen molar-refractivity contribution in [2.45, 2.75) is 103 Å². The SMILES string of the molecule is CC(C)(C)OC(=O)NC(Cc1ccccc1)C(=O)N(C1CC1)C(C(=O)NC(Cc1ccccc1)C(=O)OC(C)(C)C)c1ccc(O)cc1. The third-order valence-corrected chi connectivity index (χ3v) is 7.49. The Morgan fingerprint density at radius 2 is 1.23 bits per heavy atom. The van der Waals surface area contributed by atoms with Crippen molar-refractivity contribution in [3.63, 3.8) is 0 Å². The number of alkyl carbamates (subject to hydrolysis) is 1. The van der Waals surface area contributed by atoms with Crippen LogP contribution in [0.3, 0.4) is 0 Å². The first-order valence-corrected chi connectivity index (χ1v) is 16.3. The van der Waals surface area contributed by atoms with Crippen LogP contribution in [0.1, 0.15) is 77.1 Å². The van der Waals surface area contributed by atoms with Crippen LogP contribution in [0.15, 0.2) is 84.9 Å². The Balaban J connectivity index is 1.73. The summed E-state index contributed by atoms with van der Waals surface area (Å²) in [5, 5.41) is 15.7. The molecule has 10 nitrogen and oxygen atoms in total. The van der Waals surface area contributed by atoms with Crippen LogP contribution in [0, 0.1) is 0 Å². The van der Waals surface area contributed by atoms with Crippen LogP contribution in [0.4, 0.5) is 4.79 Å². The molecule has 1 aliphatic carbocycles. The van der Waals surface area contributed by atoms with E-state index in [0.717, 1.165) is 11.1 Å². The van der Waals surface area contributed by atoms with Crippen molar-refractivity contribution in [2.75, 3.05) is 0 Å². The number of hydrogen-bond acceptors (Lipinski definition) is 7. The summed E-state index contributed by atoms with van der Waals surface area (Å²) in [6, 6.07) is 21.0. The molecule has 3 N–H and O–H groups in total. The van der Waals surface area contributed by atoms with Crippen LogP contribution in [-0.2, 0) is 36.7 Å². The Morgan fingerprint density at radius 3 is 1.71 bits per heavy atom. The molecule has 1 fully saturated rings.